The highest BCUT2D eigenvalue weighted by molar-refractivity contribution is 5.92. The van der Waals surface area contributed by atoms with Crippen LogP contribution in [-0.4, -0.2) is 25.6 Å². The van der Waals surface area contributed by atoms with Gasteiger partial charge in [-0.1, -0.05) is 29.4 Å². The Bertz CT molecular complexity index is 1690. The summed E-state index contributed by atoms with van der Waals surface area (Å²) < 4.78 is 34.1. The van der Waals surface area contributed by atoms with Crippen LogP contribution in [0.4, 0.5) is 14.5 Å². The van der Waals surface area contributed by atoms with Gasteiger partial charge in [-0.2, -0.15) is 4.98 Å². The van der Waals surface area contributed by atoms with Crippen LogP contribution >= 0.6 is 0 Å². The molecule has 3 heterocycles. The van der Waals surface area contributed by atoms with Crippen LogP contribution in [0.15, 0.2) is 70.1 Å². The average molecular weight is 487 g/mol. The molecule has 0 aliphatic rings. The zero-order valence-corrected chi connectivity index (χ0v) is 19.3. The summed E-state index contributed by atoms with van der Waals surface area (Å²) in [7, 11) is 0. The van der Waals surface area contributed by atoms with E-state index in [-0.39, 0.29) is 34.7 Å². The van der Waals surface area contributed by atoms with Crippen LogP contribution in [-0.2, 0) is 11.3 Å². The first kappa shape index (κ1) is 23.0. The van der Waals surface area contributed by atoms with Gasteiger partial charge in [0.25, 0.3) is 5.89 Å². The molecule has 8 nitrogen and oxygen atoms in total. The molecule has 0 saturated carbocycles. The van der Waals surface area contributed by atoms with E-state index in [9.17, 15) is 18.4 Å². The molecule has 10 heteroatoms. The average Bonchev–Trinajstić information content (AvgIpc) is 3.32. The van der Waals surface area contributed by atoms with Gasteiger partial charge in [0.05, 0.1) is 11.1 Å². The topological polar surface area (TPSA) is 103 Å². The Morgan fingerprint density at radius 2 is 1.83 bits per heavy atom. The summed E-state index contributed by atoms with van der Waals surface area (Å²) >= 11 is 0. The van der Waals surface area contributed by atoms with Crippen LogP contribution in [0, 0.1) is 25.5 Å². The Hall–Kier alpha value is -4.73. The Balaban J connectivity index is 1.56. The first-order chi connectivity index (χ1) is 17.3. The number of hydrogen-bond donors (Lipinski definition) is 1. The molecule has 2 aromatic carbocycles. The second-order valence-electron chi connectivity index (χ2n) is 8.23. The van der Waals surface area contributed by atoms with Crippen molar-refractivity contribution in [3.05, 3.63) is 93.9 Å². The van der Waals surface area contributed by atoms with Crippen molar-refractivity contribution in [2.24, 2.45) is 0 Å². The predicted molar refractivity (Wildman–Crippen MR) is 129 cm³/mol. The number of hydrogen-bond acceptors (Lipinski definition) is 6. The normalized spacial score (nSPS) is 11.1. The van der Waals surface area contributed by atoms with Crippen LogP contribution in [0.1, 0.15) is 11.3 Å². The van der Waals surface area contributed by atoms with Crippen molar-refractivity contribution in [3.8, 4) is 22.8 Å². The number of carbonyl (C=O) groups is 1. The lowest BCUT2D eigenvalue weighted by atomic mass is 10.1. The molecule has 1 N–H and O–H groups in total. The number of carbonyl (C=O) groups excluding carboxylic acids is 1. The van der Waals surface area contributed by atoms with Crippen LogP contribution in [0.3, 0.4) is 0 Å². The summed E-state index contributed by atoms with van der Waals surface area (Å²) in [6.07, 6.45) is 1.41. The van der Waals surface area contributed by atoms with E-state index in [1.807, 2.05) is 31.2 Å². The van der Waals surface area contributed by atoms with Crippen molar-refractivity contribution in [2.45, 2.75) is 20.4 Å². The van der Waals surface area contributed by atoms with Crippen LogP contribution in [0.2, 0.25) is 0 Å². The number of aromatic nitrogens is 4. The zero-order chi connectivity index (χ0) is 25.4. The van der Waals surface area contributed by atoms with Crippen molar-refractivity contribution >= 4 is 22.6 Å². The minimum absolute atomic E-state index is 0.0144. The molecule has 0 unspecified atom stereocenters. The summed E-state index contributed by atoms with van der Waals surface area (Å²) in [6.45, 7) is 3.35. The molecule has 36 heavy (non-hydrogen) atoms. The SMILES string of the molecule is Cc1ccc2c(=O)c(-c3nc(-c4ccccc4C)no3)cn(CC(=O)Nc3ccc(F)cc3F)c2n1. The van der Waals surface area contributed by atoms with Gasteiger partial charge in [-0.05, 0) is 43.7 Å². The zero-order valence-electron chi connectivity index (χ0n) is 19.3. The molecule has 0 atom stereocenters. The van der Waals surface area contributed by atoms with E-state index in [1.165, 1.54) is 10.8 Å². The third kappa shape index (κ3) is 4.36. The third-order valence-corrected chi connectivity index (χ3v) is 5.62. The largest absolute Gasteiger partial charge is 0.333 e. The number of aryl methyl sites for hydroxylation is 2. The van der Waals surface area contributed by atoms with E-state index in [4.69, 9.17) is 4.52 Å². The minimum Gasteiger partial charge on any atom is -0.333 e. The second kappa shape index (κ2) is 9.14. The molecule has 0 aliphatic heterocycles. The van der Waals surface area contributed by atoms with Gasteiger partial charge in [0.15, 0.2) is 0 Å². The maximum atomic E-state index is 14.0. The standard InChI is InChI=1S/C26H19F2N5O3/c1-14-5-3-4-6-17(14)24-31-26(36-32-24)19-12-33(25-18(23(19)35)9-7-15(2)29-25)13-22(34)30-21-10-8-16(27)11-20(21)28/h3-12H,13H2,1-2H3,(H,30,34). The van der Waals surface area contributed by atoms with Gasteiger partial charge in [-0.15, -0.1) is 0 Å². The fraction of sp³-hybridized carbons (Fsp3) is 0.115. The Labute approximate surface area is 203 Å². The van der Waals surface area contributed by atoms with E-state index in [2.05, 4.69) is 20.4 Å². The van der Waals surface area contributed by atoms with E-state index in [0.717, 1.165) is 23.3 Å². The number of anilines is 1. The molecule has 0 spiro atoms. The van der Waals surface area contributed by atoms with Crippen molar-refractivity contribution in [1.82, 2.24) is 19.7 Å². The molecule has 0 saturated heterocycles. The van der Waals surface area contributed by atoms with Crippen LogP contribution in [0.25, 0.3) is 33.9 Å². The maximum absolute atomic E-state index is 14.0. The third-order valence-electron chi connectivity index (χ3n) is 5.62. The summed E-state index contributed by atoms with van der Waals surface area (Å²) in [6, 6.07) is 13.6. The molecule has 180 valence electrons. The van der Waals surface area contributed by atoms with Gasteiger partial charge in [0.2, 0.25) is 17.2 Å². The van der Waals surface area contributed by atoms with Gasteiger partial charge >= 0.3 is 0 Å². The van der Waals surface area contributed by atoms with Crippen molar-refractivity contribution in [2.75, 3.05) is 5.32 Å². The maximum Gasteiger partial charge on any atom is 0.263 e. The fourth-order valence-electron chi connectivity index (χ4n) is 3.83. The Kier molecular flexibility index (Phi) is 5.85. The number of halogens is 2. The van der Waals surface area contributed by atoms with E-state index >= 15 is 0 Å². The molecule has 0 fully saturated rings. The lowest BCUT2D eigenvalue weighted by Crippen LogP contribution is -2.22. The van der Waals surface area contributed by atoms with Gasteiger partial charge < -0.3 is 14.4 Å². The quantitative estimate of drug-likeness (QED) is 0.387. The second-order valence-corrected chi connectivity index (χ2v) is 8.23. The highest BCUT2D eigenvalue weighted by atomic mass is 19.1. The van der Waals surface area contributed by atoms with Gasteiger partial charge in [-0.25, -0.2) is 13.8 Å². The number of fused-ring (bicyclic) bond motifs is 1. The van der Waals surface area contributed by atoms with E-state index in [0.29, 0.717) is 17.6 Å². The van der Waals surface area contributed by atoms with Gasteiger partial charge in [0.1, 0.15) is 29.4 Å². The molecule has 0 radical (unpaired) electrons. The first-order valence-electron chi connectivity index (χ1n) is 11.0. The van der Waals surface area contributed by atoms with E-state index < -0.39 is 23.0 Å². The lowest BCUT2D eigenvalue weighted by Gasteiger charge is -2.13. The number of nitrogens with zero attached hydrogens (tertiary/aromatic N) is 4. The van der Waals surface area contributed by atoms with Crippen molar-refractivity contribution in [1.29, 1.82) is 0 Å². The van der Waals surface area contributed by atoms with Crippen molar-refractivity contribution < 1.29 is 18.1 Å². The molecule has 1 amide bonds. The van der Waals surface area contributed by atoms with Crippen LogP contribution < -0.4 is 10.7 Å². The smallest absolute Gasteiger partial charge is 0.263 e. The molecular weight excluding hydrogens is 468 g/mol. The fourth-order valence-corrected chi connectivity index (χ4v) is 3.83. The minimum atomic E-state index is -0.905. The number of benzene rings is 2. The molecular formula is C26H19F2N5O3. The molecule has 3 aromatic heterocycles. The number of amides is 1. The Morgan fingerprint density at radius 3 is 2.61 bits per heavy atom. The monoisotopic (exact) mass is 487 g/mol. The highest BCUT2D eigenvalue weighted by Crippen LogP contribution is 2.24. The molecule has 0 bridgehead atoms. The molecule has 5 aromatic rings. The summed E-state index contributed by atoms with van der Waals surface area (Å²) in [4.78, 5) is 34.9. The summed E-state index contributed by atoms with van der Waals surface area (Å²) in [5.74, 6) is -1.96. The van der Waals surface area contributed by atoms with Crippen LogP contribution in [0.5, 0.6) is 0 Å². The van der Waals surface area contributed by atoms with E-state index in [1.54, 1.807) is 19.1 Å². The number of nitrogens with one attached hydrogen (secondary N) is 1. The lowest BCUT2D eigenvalue weighted by molar-refractivity contribution is -0.116. The summed E-state index contributed by atoms with van der Waals surface area (Å²) in [5.41, 5.74) is 2.11. The van der Waals surface area contributed by atoms with Crippen molar-refractivity contribution in [3.63, 3.8) is 0 Å². The predicted octanol–water partition coefficient (Wildman–Crippen LogP) is 4.65. The molecule has 5 rings (SSSR count). The molecule has 0 aliphatic carbocycles. The highest BCUT2D eigenvalue weighted by Gasteiger charge is 2.20. The summed E-state index contributed by atoms with van der Waals surface area (Å²) in [5, 5.41) is 6.68. The first-order valence-corrected chi connectivity index (χ1v) is 11.0. The van der Waals surface area contributed by atoms with Gasteiger partial charge in [-0.3, -0.25) is 9.59 Å². The number of pyridine rings is 2. The van der Waals surface area contributed by atoms with Gasteiger partial charge in [0, 0.05) is 23.5 Å². The Morgan fingerprint density at radius 1 is 1.03 bits per heavy atom. The number of rotatable bonds is 5.